The Hall–Kier alpha value is -2.60. The molecule has 0 aliphatic carbocycles. The van der Waals surface area contributed by atoms with Gasteiger partial charge < -0.3 is 5.32 Å². The predicted molar refractivity (Wildman–Crippen MR) is 146 cm³/mol. The Kier molecular flexibility index (Phi) is 6.81. The van der Waals surface area contributed by atoms with Gasteiger partial charge >= 0.3 is 0 Å². The molecule has 4 aromatic rings. The van der Waals surface area contributed by atoms with E-state index in [2.05, 4.69) is 60.4 Å². The minimum atomic E-state index is 0.107. The smallest absolute Gasteiger partial charge is 0.161 e. The lowest BCUT2D eigenvalue weighted by Crippen LogP contribution is -2.16. The van der Waals surface area contributed by atoms with Crippen molar-refractivity contribution in [3.05, 3.63) is 101 Å². The maximum absolute atomic E-state index is 6.39. The second-order valence-electron chi connectivity index (χ2n) is 8.02. The number of aromatic nitrogens is 1. The van der Waals surface area contributed by atoms with E-state index in [-0.39, 0.29) is 6.04 Å². The molecule has 1 aromatic heterocycles. The molecule has 6 heteroatoms. The molecule has 3 aromatic carbocycles. The van der Waals surface area contributed by atoms with Gasteiger partial charge in [0.25, 0.3) is 0 Å². The minimum absolute atomic E-state index is 0.107. The lowest BCUT2D eigenvalue weighted by molar-refractivity contribution is 0.705. The van der Waals surface area contributed by atoms with Gasteiger partial charge in [-0.2, -0.15) is 0 Å². The number of para-hydroxylation sites is 1. The van der Waals surface area contributed by atoms with E-state index < -0.39 is 0 Å². The fourth-order valence-electron chi connectivity index (χ4n) is 3.85. The summed E-state index contributed by atoms with van der Waals surface area (Å²) in [6, 6.07) is 24.9. The van der Waals surface area contributed by atoms with Crippen LogP contribution in [0.5, 0.6) is 0 Å². The Morgan fingerprint density at radius 2 is 1.82 bits per heavy atom. The average molecular weight is 490 g/mol. The van der Waals surface area contributed by atoms with Crippen LogP contribution in [0.1, 0.15) is 35.0 Å². The molecule has 5 rings (SSSR count). The quantitative estimate of drug-likeness (QED) is 0.296. The number of hydrogen-bond acceptors (Lipinski definition) is 5. The first-order valence-corrected chi connectivity index (χ1v) is 13.2. The van der Waals surface area contributed by atoms with Crippen LogP contribution in [0.2, 0.25) is 5.02 Å². The van der Waals surface area contributed by atoms with E-state index in [1.807, 2.05) is 24.3 Å². The Balaban J connectivity index is 1.20. The van der Waals surface area contributed by atoms with Crippen molar-refractivity contribution in [3.8, 4) is 0 Å². The number of nitrogens with one attached hydrogen (secondary N) is 1. The summed E-state index contributed by atoms with van der Waals surface area (Å²) in [5, 5.41) is 6.25. The number of rotatable bonds is 6. The number of nitrogens with zero attached hydrogens (tertiary/aromatic N) is 2. The summed E-state index contributed by atoms with van der Waals surface area (Å²) in [5.74, 6) is 1.02. The standard InChI is InChI=1S/C27H24ClN3S2/c1-18(26-30-24-8-4-5-9-25(24)33-26)10-11-19-12-14-20(15-13-19)29-27-31-23(16-17-32-27)21-6-2-3-7-22(21)28/h2-9,12-15,23H,1,10-11,16-17H2,(H,29,31). The molecule has 0 radical (unpaired) electrons. The topological polar surface area (TPSA) is 37.3 Å². The zero-order chi connectivity index (χ0) is 22.6. The highest BCUT2D eigenvalue weighted by atomic mass is 35.5. The highest BCUT2D eigenvalue weighted by Crippen LogP contribution is 2.34. The SMILES string of the molecule is C=C(CCc1ccc(NC2=NC(c3ccccc3Cl)CCS2)cc1)c1nc2ccccc2s1. The molecule has 0 saturated heterocycles. The number of aryl methyl sites for hydroxylation is 1. The van der Waals surface area contributed by atoms with Gasteiger partial charge in [0.05, 0.1) is 16.3 Å². The highest BCUT2D eigenvalue weighted by Gasteiger charge is 2.19. The van der Waals surface area contributed by atoms with E-state index in [9.17, 15) is 0 Å². The third kappa shape index (κ3) is 5.32. The molecule has 1 aliphatic heterocycles. The number of fused-ring (bicyclic) bond motifs is 1. The first-order chi connectivity index (χ1) is 16.2. The van der Waals surface area contributed by atoms with Gasteiger partial charge in [-0.1, -0.05) is 72.4 Å². The van der Waals surface area contributed by atoms with E-state index in [1.54, 1.807) is 23.1 Å². The Morgan fingerprint density at radius 3 is 2.64 bits per heavy atom. The van der Waals surface area contributed by atoms with Crippen LogP contribution in [-0.2, 0) is 6.42 Å². The van der Waals surface area contributed by atoms with Crippen molar-refractivity contribution in [1.82, 2.24) is 4.98 Å². The molecule has 0 amide bonds. The summed E-state index contributed by atoms with van der Waals surface area (Å²) in [7, 11) is 0. The monoisotopic (exact) mass is 489 g/mol. The van der Waals surface area contributed by atoms with E-state index >= 15 is 0 Å². The summed E-state index contributed by atoms with van der Waals surface area (Å²) in [6.07, 6.45) is 2.84. The van der Waals surface area contributed by atoms with E-state index in [0.29, 0.717) is 0 Å². The Labute approximate surface area is 207 Å². The van der Waals surface area contributed by atoms with Crippen LogP contribution in [0, 0.1) is 0 Å². The van der Waals surface area contributed by atoms with Gasteiger partial charge in [0.2, 0.25) is 0 Å². The van der Waals surface area contributed by atoms with Gasteiger partial charge in [0, 0.05) is 16.5 Å². The van der Waals surface area contributed by atoms with Crippen molar-refractivity contribution in [1.29, 1.82) is 0 Å². The van der Waals surface area contributed by atoms with E-state index in [4.69, 9.17) is 21.6 Å². The van der Waals surface area contributed by atoms with Crippen molar-refractivity contribution < 1.29 is 0 Å². The molecule has 1 atom stereocenters. The lowest BCUT2D eigenvalue weighted by atomic mass is 10.1. The van der Waals surface area contributed by atoms with Crippen LogP contribution in [0.25, 0.3) is 15.8 Å². The van der Waals surface area contributed by atoms with Gasteiger partial charge in [0.1, 0.15) is 5.01 Å². The number of hydrogen-bond donors (Lipinski definition) is 1. The number of benzene rings is 3. The van der Waals surface area contributed by atoms with Crippen LogP contribution in [0.15, 0.2) is 84.4 Å². The highest BCUT2D eigenvalue weighted by molar-refractivity contribution is 8.14. The summed E-state index contributed by atoms with van der Waals surface area (Å²) in [5.41, 5.74) is 5.58. The fraction of sp³-hybridized carbons (Fsp3) is 0.185. The van der Waals surface area contributed by atoms with Gasteiger partial charge in [-0.05, 0) is 66.3 Å². The molecular weight excluding hydrogens is 466 g/mol. The van der Waals surface area contributed by atoms with Crippen LogP contribution < -0.4 is 5.32 Å². The van der Waals surface area contributed by atoms with Crippen molar-refractivity contribution in [2.24, 2.45) is 4.99 Å². The van der Waals surface area contributed by atoms with E-state index in [1.165, 1.54) is 10.3 Å². The number of thiazole rings is 1. The maximum atomic E-state index is 6.39. The summed E-state index contributed by atoms with van der Waals surface area (Å²) in [6.45, 7) is 4.28. The molecule has 0 bridgehead atoms. The summed E-state index contributed by atoms with van der Waals surface area (Å²) in [4.78, 5) is 9.63. The number of halogens is 1. The van der Waals surface area contributed by atoms with Gasteiger partial charge in [-0.3, -0.25) is 4.99 Å². The van der Waals surface area contributed by atoms with Crippen molar-refractivity contribution >= 4 is 61.3 Å². The second-order valence-corrected chi connectivity index (χ2v) is 10.5. The first kappa shape index (κ1) is 22.2. The lowest BCUT2D eigenvalue weighted by Gasteiger charge is -2.22. The number of amidine groups is 1. The van der Waals surface area contributed by atoms with Gasteiger partial charge in [-0.15, -0.1) is 11.3 Å². The molecular formula is C27H24ClN3S2. The molecule has 1 N–H and O–H groups in total. The third-order valence-corrected chi connectivity index (χ3v) is 8.09. The fourth-order valence-corrected chi connectivity index (χ4v) is 6.00. The van der Waals surface area contributed by atoms with Crippen molar-refractivity contribution in [2.75, 3.05) is 11.1 Å². The molecule has 1 unspecified atom stereocenters. The molecule has 2 heterocycles. The molecule has 166 valence electrons. The number of allylic oxidation sites excluding steroid dienone is 1. The zero-order valence-corrected chi connectivity index (χ0v) is 20.5. The van der Waals surface area contributed by atoms with Crippen LogP contribution in [0.3, 0.4) is 0 Å². The van der Waals surface area contributed by atoms with Crippen LogP contribution >= 0.6 is 34.7 Å². The van der Waals surface area contributed by atoms with Crippen LogP contribution in [-0.4, -0.2) is 15.9 Å². The van der Waals surface area contributed by atoms with E-state index in [0.717, 1.165) is 62.6 Å². The van der Waals surface area contributed by atoms with Crippen LogP contribution in [0.4, 0.5) is 5.69 Å². The van der Waals surface area contributed by atoms with Gasteiger partial charge in [0.15, 0.2) is 5.17 Å². The number of aliphatic imine (C=N–C) groups is 1. The molecule has 0 fully saturated rings. The normalized spacial score (nSPS) is 15.9. The van der Waals surface area contributed by atoms with Crippen molar-refractivity contribution in [3.63, 3.8) is 0 Å². The Bertz CT molecular complexity index is 1280. The number of thioether (sulfide) groups is 1. The molecule has 0 spiro atoms. The molecule has 33 heavy (non-hydrogen) atoms. The summed E-state index contributed by atoms with van der Waals surface area (Å²) < 4.78 is 1.21. The largest absolute Gasteiger partial charge is 0.335 e. The zero-order valence-electron chi connectivity index (χ0n) is 18.1. The molecule has 0 saturated carbocycles. The third-order valence-electron chi connectivity index (χ3n) is 5.68. The minimum Gasteiger partial charge on any atom is -0.335 e. The second kappa shape index (κ2) is 10.1. The predicted octanol–water partition coefficient (Wildman–Crippen LogP) is 8.24. The molecule has 3 nitrogen and oxygen atoms in total. The molecule has 1 aliphatic rings. The first-order valence-electron chi connectivity index (χ1n) is 11.0. The van der Waals surface area contributed by atoms with Crippen molar-refractivity contribution in [2.45, 2.75) is 25.3 Å². The Morgan fingerprint density at radius 1 is 1.03 bits per heavy atom. The number of anilines is 1. The average Bonchev–Trinajstić information content (AvgIpc) is 3.28. The van der Waals surface area contributed by atoms with Gasteiger partial charge in [-0.25, -0.2) is 4.98 Å². The summed E-state index contributed by atoms with van der Waals surface area (Å²) >= 11 is 9.86. The maximum Gasteiger partial charge on any atom is 0.161 e.